The van der Waals surface area contributed by atoms with Crippen LogP contribution in [0, 0.1) is 0 Å². The van der Waals surface area contributed by atoms with Crippen LogP contribution in [-0.2, 0) is 11.2 Å². The Morgan fingerprint density at radius 1 is 1.11 bits per heavy atom. The first-order chi connectivity index (χ1) is 17.4. The van der Waals surface area contributed by atoms with Crippen molar-refractivity contribution in [1.82, 2.24) is 14.8 Å². The van der Waals surface area contributed by atoms with E-state index in [1.165, 1.54) is 42.6 Å². The largest absolute Gasteiger partial charge is 0.506 e. The van der Waals surface area contributed by atoms with Crippen molar-refractivity contribution in [2.75, 3.05) is 32.7 Å². The molecule has 3 aromatic rings. The van der Waals surface area contributed by atoms with E-state index in [1.807, 2.05) is 12.1 Å². The molecule has 0 saturated heterocycles. The van der Waals surface area contributed by atoms with Crippen LogP contribution in [0.15, 0.2) is 47.3 Å². The Kier molecular flexibility index (Phi) is 9.18. The lowest BCUT2D eigenvalue weighted by molar-refractivity contribution is -0.118. The van der Waals surface area contributed by atoms with Gasteiger partial charge in [0.2, 0.25) is 5.91 Å². The van der Waals surface area contributed by atoms with Crippen LogP contribution in [-0.4, -0.2) is 64.6 Å². The van der Waals surface area contributed by atoms with Crippen molar-refractivity contribution in [2.45, 2.75) is 57.4 Å². The number of aromatic nitrogens is 1. The van der Waals surface area contributed by atoms with Gasteiger partial charge in [0.15, 0.2) is 0 Å². The number of phenolic OH excluding ortho intramolecular Hbond substituents is 1. The molecule has 0 spiro atoms. The van der Waals surface area contributed by atoms with Gasteiger partial charge >= 0.3 is 4.87 Å². The number of carbonyl (C=O) groups excluding carboxylic acids is 1. The van der Waals surface area contributed by atoms with E-state index in [0.29, 0.717) is 30.4 Å². The van der Waals surface area contributed by atoms with Gasteiger partial charge in [-0.3, -0.25) is 14.5 Å². The topological polar surface area (TPSA) is 103 Å². The van der Waals surface area contributed by atoms with E-state index in [9.17, 15) is 14.7 Å². The van der Waals surface area contributed by atoms with Crippen LogP contribution in [0.5, 0.6) is 5.75 Å². The number of fused-ring (bicyclic) bond motifs is 1. The number of thiazole rings is 1. The first kappa shape index (κ1) is 26.4. The predicted octanol–water partition coefficient (Wildman–Crippen LogP) is 4.06. The summed E-state index contributed by atoms with van der Waals surface area (Å²) >= 11 is 1.17. The van der Waals surface area contributed by atoms with Crippen molar-refractivity contribution in [1.29, 1.82) is 0 Å². The lowest BCUT2D eigenvalue weighted by Gasteiger charge is -2.33. The van der Waals surface area contributed by atoms with Crippen LogP contribution in [0.4, 0.5) is 0 Å². The van der Waals surface area contributed by atoms with Crippen LogP contribution in [0.3, 0.4) is 0 Å². The van der Waals surface area contributed by atoms with Gasteiger partial charge in [0, 0.05) is 45.2 Å². The summed E-state index contributed by atoms with van der Waals surface area (Å²) in [4.78, 5) is 31.0. The summed E-state index contributed by atoms with van der Waals surface area (Å²) in [5.74, 6) is 0.222. The Morgan fingerprint density at radius 3 is 2.58 bits per heavy atom. The fraction of sp³-hybridized carbons (Fsp3) is 0.500. The first-order valence-corrected chi connectivity index (χ1v) is 13.9. The standard InChI is InChI=1S/C28H38N4O3S/c1-20(21-7-3-2-4-8-21)19-31(15-14-25(29)34)17-18-32(23-9-5-6-10-23)16-13-22-11-12-24(33)26-27(22)36-28(35)30-26/h2-4,7-8,11-12,20,23,33H,5-6,9-10,13-19H2,1H3,(H2,29,34)(H,30,35)/t20-/m1/s1. The Hall–Kier alpha value is -2.68. The number of nitrogens with one attached hydrogen (secondary N) is 1. The quantitative estimate of drug-likeness (QED) is 0.322. The van der Waals surface area contributed by atoms with Crippen molar-refractivity contribution < 1.29 is 9.90 Å². The van der Waals surface area contributed by atoms with Crippen LogP contribution >= 0.6 is 11.3 Å². The number of phenols is 1. The summed E-state index contributed by atoms with van der Waals surface area (Å²) in [5.41, 5.74) is 8.43. The highest BCUT2D eigenvalue weighted by Gasteiger charge is 2.24. The highest BCUT2D eigenvalue weighted by molar-refractivity contribution is 7.16. The third kappa shape index (κ3) is 6.96. The second-order valence-corrected chi connectivity index (χ2v) is 11.0. The molecule has 0 aliphatic heterocycles. The molecule has 1 saturated carbocycles. The summed E-state index contributed by atoms with van der Waals surface area (Å²) in [6, 6.07) is 14.7. The molecular weight excluding hydrogens is 472 g/mol. The van der Waals surface area contributed by atoms with Crippen LogP contribution in [0.1, 0.15) is 56.1 Å². The number of amides is 1. The molecule has 1 heterocycles. The van der Waals surface area contributed by atoms with Crippen molar-refractivity contribution in [3.63, 3.8) is 0 Å². The number of carbonyl (C=O) groups is 1. The number of nitrogens with zero attached hydrogens (tertiary/aromatic N) is 2. The third-order valence-corrected chi connectivity index (χ3v) is 8.38. The lowest BCUT2D eigenvalue weighted by atomic mass is 10.0. The summed E-state index contributed by atoms with van der Waals surface area (Å²) in [6.45, 7) is 6.49. The summed E-state index contributed by atoms with van der Waals surface area (Å²) < 4.78 is 0.853. The number of benzene rings is 2. The Bertz CT molecular complexity index is 1190. The summed E-state index contributed by atoms with van der Waals surface area (Å²) in [7, 11) is 0. The number of H-pyrrole nitrogens is 1. The second-order valence-electron chi connectivity index (χ2n) is 10.0. The van der Waals surface area contributed by atoms with Gasteiger partial charge in [-0.05, 0) is 42.4 Å². The minimum Gasteiger partial charge on any atom is -0.506 e. The lowest BCUT2D eigenvalue weighted by Crippen LogP contribution is -2.42. The average Bonchev–Trinajstić information content (AvgIpc) is 3.54. The molecule has 4 N–H and O–H groups in total. The van der Waals surface area contributed by atoms with Crippen molar-refractivity contribution >= 4 is 27.5 Å². The van der Waals surface area contributed by atoms with Gasteiger partial charge in [-0.1, -0.05) is 67.5 Å². The van der Waals surface area contributed by atoms with E-state index in [-0.39, 0.29) is 16.5 Å². The number of hydrogen-bond acceptors (Lipinski definition) is 6. The first-order valence-electron chi connectivity index (χ1n) is 13.0. The van der Waals surface area contributed by atoms with Gasteiger partial charge in [0.1, 0.15) is 11.3 Å². The maximum absolute atomic E-state index is 11.9. The van der Waals surface area contributed by atoms with Crippen molar-refractivity contribution in [2.24, 2.45) is 5.73 Å². The van der Waals surface area contributed by atoms with E-state index >= 15 is 0 Å². The van der Waals surface area contributed by atoms with E-state index in [1.54, 1.807) is 6.07 Å². The zero-order valence-electron chi connectivity index (χ0n) is 21.1. The van der Waals surface area contributed by atoms with Crippen LogP contribution in [0.25, 0.3) is 10.2 Å². The Morgan fingerprint density at radius 2 is 1.86 bits per heavy atom. The second kappa shape index (κ2) is 12.5. The molecule has 1 aliphatic rings. The zero-order chi connectivity index (χ0) is 25.5. The Balaban J connectivity index is 1.44. The zero-order valence-corrected chi connectivity index (χ0v) is 21.9. The Labute approximate surface area is 216 Å². The molecule has 0 unspecified atom stereocenters. The fourth-order valence-electron chi connectivity index (χ4n) is 5.39. The van der Waals surface area contributed by atoms with Crippen LogP contribution < -0.4 is 10.6 Å². The molecule has 1 fully saturated rings. The minimum atomic E-state index is -0.262. The van der Waals surface area contributed by atoms with E-state index in [4.69, 9.17) is 5.73 Å². The molecule has 1 amide bonds. The SMILES string of the molecule is C[C@H](CN(CCC(N)=O)CCN(CCc1ccc(O)c2[nH]c(=O)sc12)C1CCCC1)c1ccccc1. The number of nitrogens with two attached hydrogens (primary N) is 1. The number of rotatable bonds is 13. The molecule has 1 atom stereocenters. The normalized spacial score (nSPS) is 15.3. The minimum absolute atomic E-state index is 0.123. The molecule has 1 aromatic heterocycles. The van der Waals surface area contributed by atoms with E-state index in [0.717, 1.165) is 42.9 Å². The molecule has 1 aliphatic carbocycles. The van der Waals surface area contributed by atoms with Crippen molar-refractivity contribution in [3.8, 4) is 5.75 Å². The highest BCUT2D eigenvalue weighted by Crippen LogP contribution is 2.29. The van der Waals surface area contributed by atoms with Gasteiger partial charge in [0.05, 0.1) is 4.70 Å². The molecule has 8 heteroatoms. The maximum Gasteiger partial charge on any atom is 0.305 e. The third-order valence-electron chi connectivity index (χ3n) is 7.43. The smallest absolute Gasteiger partial charge is 0.305 e. The van der Waals surface area contributed by atoms with E-state index in [2.05, 4.69) is 46.0 Å². The number of aromatic hydroxyl groups is 1. The summed E-state index contributed by atoms with van der Waals surface area (Å²) in [6.07, 6.45) is 6.14. The predicted molar refractivity (Wildman–Crippen MR) is 147 cm³/mol. The molecule has 2 aromatic carbocycles. The van der Waals surface area contributed by atoms with Gasteiger partial charge in [-0.15, -0.1) is 0 Å². The fourth-order valence-corrected chi connectivity index (χ4v) is 6.28. The molecule has 194 valence electrons. The molecule has 36 heavy (non-hydrogen) atoms. The van der Waals surface area contributed by atoms with Gasteiger partial charge in [0.25, 0.3) is 0 Å². The van der Waals surface area contributed by atoms with Gasteiger partial charge < -0.3 is 20.7 Å². The number of hydrogen-bond donors (Lipinski definition) is 3. The average molecular weight is 511 g/mol. The van der Waals surface area contributed by atoms with E-state index < -0.39 is 0 Å². The summed E-state index contributed by atoms with van der Waals surface area (Å²) in [5, 5.41) is 10.1. The number of primary amides is 1. The van der Waals surface area contributed by atoms with Crippen LogP contribution in [0.2, 0.25) is 0 Å². The molecule has 0 bridgehead atoms. The van der Waals surface area contributed by atoms with Gasteiger partial charge in [-0.25, -0.2) is 0 Å². The maximum atomic E-state index is 11.9. The van der Waals surface area contributed by atoms with Crippen molar-refractivity contribution in [3.05, 3.63) is 63.3 Å². The molecule has 7 nitrogen and oxygen atoms in total. The van der Waals surface area contributed by atoms with Gasteiger partial charge in [-0.2, -0.15) is 0 Å². The molecule has 0 radical (unpaired) electrons. The monoisotopic (exact) mass is 510 g/mol. The highest BCUT2D eigenvalue weighted by atomic mass is 32.1. The molecular formula is C28H38N4O3S. The number of aromatic amines is 1. The molecule has 4 rings (SSSR count).